The Hall–Kier alpha value is -1.18. The van der Waals surface area contributed by atoms with Crippen LogP contribution in [0.5, 0.6) is 5.75 Å². The molecule has 0 bridgehead atoms. The summed E-state index contributed by atoms with van der Waals surface area (Å²) >= 11 is 0. The minimum Gasteiger partial charge on any atom is -0.491 e. The van der Waals surface area contributed by atoms with Crippen molar-refractivity contribution in [2.75, 3.05) is 73.2 Å². The van der Waals surface area contributed by atoms with Gasteiger partial charge in [-0.2, -0.15) is 0 Å². The Morgan fingerprint density at radius 1 is 0.560 bits per heavy atom. The lowest BCUT2D eigenvalue weighted by molar-refractivity contribution is -0.00978. The lowest BCUT2D eigenvalue weighted by Crippen LogP contribution is -2.14. The van der Waals surface area contributed by atoms with Crippen LogP contribution in [0.3, 0.4) is 0 Å². The fourth-order valence-electron chi connectivity index (χ4n) is 1.64. The highest BCUT2D eigenvalue weighted by atomic mass is 16.6. The van der Waals surface area contributed by atoms with E-state index in [0.717, 1.165) is 5.75 Å². The van der Waals surface area contributed by atoms with Crippen LogP contribution >= 0.6 is 0 Å². The normalized spacial score (nSPS) is 10.2. The van der Waals surface area contributed by atoms with Gasteiger partial charge in [-0.15, -0.1) is 0 Å². The molecule has 0 atom stereocenters. The molecule has 1 rings (SSSR count). The molecular weight excluding hydrogens is 324 g/mol. The second kappa shape index (κ2) is 20.9. The van der Waals surface area contributed by atoms with Crippen molar-refractivity contribution in [3.8, 4) is 5.75 Å². The van der Waals surface area contributed by atoms with Gasteiger partial charge in [0, 0.05) is 7.11 Å². The summed E-state index contributed by atoms with van der Waals surface area (Å²) in [6.07, 6.45) is 0. The van der Waals surface area contributed by atoms with Gasteiger partial charge in [-0.3, -0.25) is 0 Å². The van der Waals surface area contributed by atoms with Crippen LogP contribution in [0.15, 0.2) is 30.3 Å². The Morgan fingerprint density at radius 3 is 1.40 bits per heavy atom. The maximum Gasteiger partial charge on any atom is 0.119 e. The maximum absolute atomic E-state index is 5.51. The van der Waals surface area contributed by atoms with E-state index in [2.05, 4.69) is 0 Å². The van der Waals surface area contributed by atoms with E-state index in [4.69, 9.17) is 28.4 Å². The van der Waals surface area contributed by atoms with E-state index in [-0.39, 0.29) is 0 Å². The van der Waals surface area contributed by atoms with Gasteiger partial charge in [-0.1, -0.05) is 32.0 Å². The molecule has 25 heavy (non-hydrogen) atoms. The second-order valence-electron chi connectivity index (χ2n) is 4.60. The largest absolute Gasteiger partial charge is 0.491 e. The average Bonchev–Trinajstić information content (AvgIpc) is 2.67. The Labute approximate surface area is 152 Å². The number of ether oxygens (including phenoxy) is 6. The van der Waals surface area contributed by atoms with Gasteiger partial charge < -0.3 is 28.4 Å². The van der Waals surface area contributed by atoms with Gasteiger partial charge in [0.15, 0.2) is 0 Å². The Balaban J connectivity index is 0.00000277. The molecule has 0 unspecified atom stereocenters. The van der Waals surface area contributed by atoms with Gasteiger partial charge in [0.25, 0.3) is 0 Å². The Bertz CT molecular complexity index is 347. The topological polar surface area (TPSA) is 55.4 Å². The predicted molar refractivity (Wildman–Crippen MR) is 98.4 cm³/mol. The zero-order valence-electron chi connectivity index (χ0n) is 15.9. The fourth-order valence-corrected chi connectivity index (χ4v) is 1.64. The first-order valence-corrected chi connectivity index (χ1v) is 8.91. The van der Waals surface area contributed by atoms with Gasteiger partial charge in [0.1, 0.15) is 12.4 Å². The molecule has 1 aromatic rings. The summed E-state index contributed by atoms with van der Waals surface area (Å²) in [5.41, 5.74) is 0. The summed E-state index contributed by atoms with van der Waals surface area (Å²) in [6.45, 7) is 9.67. The van der Waals surface area contributed by atoms with Crippen molar-refractivity contribution in [3.05, 3.63) is 30.3 Å². The minimum atomic E-state index is 0.538. The van der Waals surface area contributed by atoms with Crippen molar-refractivity contribution in [2.24, 2.45) is 0 Å². The van der Waals surface area contributed by atoms with E-state index in [0.29, 0.717) is 66.1 Å². The summed E-state index contributed by atoms with van der Waals surface area (Å²) in [4.78, 5) is 0. The number of methoxy groups -OCH3 is 1. The van der Waals surface area contributed by atoms with Crippen molar-refractivity contribution >= 4 is 0 Å². The van der Waals surface area contributed by atoms with Crippen LogP contribution in [-0.2, 0) is 23.7 Å². The van der Waals surface area contributed by atoms with Crippen LogP contribution in [0.25, 0.3) is 0 Å². The summed E-state index contributed by atoms with van der Waals surface area (Å²) in [6, 6.07) is 9.69. The first-order valence-electron chi connectivity index (χ1n) is 8.91. The molecular formula is C19H34O6. The predicted octanol–water partition coefficient (Wildman–Crippen LogP) is 2.80. The summed E-state index contributed by atoms with van der Waals surface area (Å²) < 4.78 is 31.8. The van der Waals surface area contributed by atoms with Crippen LogP contribution < -0.4 is 4.74 Å². The molecule has 0 radical (unpaired) electrons. The van der Waals surface area contributed by atoms with Crippen molar-refractivity contribution in [2.45, 2.75) is 13.8 Å². The van der Waals surface area contributed by atoms with E-state index in [1.807, 2.05) is 44.2 Å². The van der Waals surface area contributed by atoms with Gasteiger partial charge in [0.2, 0.25) is 0 Å². The molecule has 0 spiro atoms. The third kappa shape index (κ3) is 17.4. The monoisotopic (exact) mass is 358 g/mol. The van der Waals surface area contributed by atoms with Crippen molar-refractivity contribution in [1.82, 2.24) is 0 Å². The molecule has 146 valence electrons. The van der Waals surface area contributed by atoms with Crippen LogP contribution in [0.2, 0.25) is 0 Å². The number of para-hydroxylation sites is 1. The zero-order valence-corrected chi connectivity index (χ0v) is 15.9. The van der Waals surface area contributed by atoms with Crippen LogP contribution in [0.4, 0.5) is 0 Å². The van der Waals surface area contributed by atoms with Crippen LogP contribution in [0.1, 0.15) is 13.8 Å². The Morgan fingerprint density at radius 2 is 0.960 bits per heavy atom. The highest BCUT2D eigenvalue weighted by Crippen LogP contribution is 2.07. The fraction of sp³-hybridized carbons (Fsp3) is 0.684. The molecule has 0 saturated carbocycles. The number of hydrogen-bond donors (Lipinski definition) is 0. The van der Waals surface area contributed by atoms with Crippen LogP contribution in [-0.4, -0.2) is 73.2 Å². The van der Waals surface area contributed by atoms with E-state index in [1.165, 1.54) is 0 Å². The first-order chi connectivity index (χ1) is 12.4. The van der Waals surface area contributed by atoms with Gasteiger partial charge in [-0.25, -0.2) is 0 Å². The van der Waals surface area contributed by atoms with E-state index in [1.54, 1.807) is 7.11 Å². The molecule has 0 aliphatic rings. The molecule has 0 fully saturated rings. The quantitative estimate of drug-likeness (QED) is 0.424. The van der Waals surface area contributed by atoms with Crippen molar-refractivity contribution in [3.63, 3.8) is 0 Å². The van der Waals surface area contributed by atoms with Gasteiger partial charge >= 0.3 is 0 Å². The average molecular weight is 358 g/mol. The maximum atomic E-state index is 5.51. The molecule has 1 aromatic carbocycles. The van der Waals surface area contributed by atoms with Crippen molar-refractivity contribution < 1.29 is 28.4 Å². The number of hydrogen-bond acceptors (Lipinski definition) is 6. The second-order valence-corrected chi connectivity index (χ2v) is 4.60. The molecule has 0 N–H and O–H groups in total. The molecule has 0 amide bonds. The summed E-state index contributed by atoms with van der Waals surface area (Å²) in [5, 5.41) is 0. The molecule has 6 nitrogen and oxygen atoms in total. The highest BCUT2D eigenvalue weighted by molar-refractivity contribution is 5.20. The molecule has 6 heteroatoms. The molecule has 0 heterocycles. The third-order valence-corrected chi connectivity index (χ3v) is 2.79. The van der Waals surface area contributed by atoms with Crippen LogP contribution in [0, 0.1) is 0 Å². The molecule has 0 aromatic heterocycles. The standard InChI is InChI=1S/C17H28O6.C2H6/c1-18-7-8-19-9-10-20-11-12-21-13-14-22-15-16-23-17-5-3-2-4-6-17;1-2/h2-6H,7-16H2,1H3;1-2H3. The molecule has 0 aliphatic carbocycles. The van der Waals surface area contributed by atoms with E-state index < -0.39 is 0 Å². The van der Waals surface area contributed by atoms with E-state index in [9.17, 15) is 0 Å². The highest BCUT2D eigenvalue weighted by Gasteiger charge is 1.94. The van der Waals surface area contributed by atoms with Gasteiger partial charge in [-0.05, 0) is 12.1 Å². The number of benzene rings is 1. The summed E-state index contributed by atoms with van der Waals surface area (Å²) in [5.74, 6) is 0.857. The Kier molecular flexibility index (Phi) is 19.9. The number of rotatable bonds is 16. The summed E-state index contributed by atoms with van der Waals surface area (Å²) in [7, 11) is 1.65. The molecule has 0 aliphatic heterocycles. The van der Waals surface area contributed by atoms with E-state index >= 15 is 0 Å². The van der Waals surface area contributed by atoms with Gasteiger partial charge in [0.05, 0.1) is 59.5 Å². The SMILES string of the molecule is CC.COCCOCCOCCOCCOCCOc1ccccc1. The third-order valence-electron chi connectivity index (χ3n) is 2.79. The lowest BCUT2D eigenvalue weighted by atomic mass is 10.3. The lowest BCUT2D eigenvalue weighted by Gasteiger charge is -2.08. The zero-order chi connectivity index (χ0) is 18.4. The smallest absolute Gasteiger partial charge is 0.119 e. The minimum absolute atomic E-state index is 0.538. The molecule has 0 saturated heterocycles. The first kappa shape index (κ1) is 23.8. The van der Waals surface area contributed by atoms with Crippen molar-refractivity contribution in [1.29, 1.82) is 0 Å².